The Kier molecular flexibility index (Phi) is 4.80. The van der Waals surface area contributed by atoms with Crippen molar-refractivity contribution in [2.75, 3.05) is 16.8 Å². The number of nitrogens with one attached hydrogen (secondary N) is 2. The third-order valence-corrected chi connectivity index (χ3v) is 3.35. The number of hydrogen-bond donors (Lipinski definition) is 3. The maximum absolute atomic E-state index is 13.5. The van der Waals surface area contributed by atoms with Gasteiger partial charge >= 0.3 is 0 Å². The average Bonchev–Trinajstić information content (AvgIpc) is 2.49. The Morgan fingerprint density at radius 2 is 2.23 bits per heavy atom. The summed E-state index contributed by atoms with van der Waals surface area (Å²) in [7, 11) is 0. The summed E-state index contributed by atoms with van der Waals surface area (Å²) in [6, 6.07) is 5.38. The van der Waals surface area contributed by atoms with E-state index < -0.39 is 17.3 Å². The first-order valence-corrected chi connectivity index (χ1v) is 7.03. The lowest BCUT2D eigenvalue weighted by molar-refractivity contribution is 0.102. The SMILES string of the molecule is C#CCSc1nc(N)c(NC(=O)c2ccccc2F)c(=O)[nH]1. The van der Waals surface area contributed by atoms with E-state index in [9.17, 15) is 14.0 Å². The first kappa shape index (κ1) is 15.6. The molecule has 1 aromatic carbocycles. The molecule has 8 heteroatoms. The lowest BCUT2D eigenvalue weighted by Gasteiger charge is -2.08. The Labute approximate surface area is 129 Å². The van der Waals surface area contributed by atoms with E-state index in [2.05, 4.69) is 21.2 Å². The van der Waals surface area contributed by atoms with Crippen LogP contribution in [0.1, 0.15) is 10.4 Å². The highest BCUT2D eigenvalue weighted by molar-refractivity contribution is 7.99. The molecule has 0 saturated heterocycles. The summed E-state index contributed by atoms with van der Waals surface area (Å²) in [4.78, 5) is 30.3. The zero-order chi connectivity index (χ0) is 16.1. The molecule has 1 aromatic heterocycles. The van der Waals surface area contributed by atoms with E-state index in [1.807, 2.05) is 0 Å². The summed E-state index contributed by atoms with van der Waals surface area (Å²) in [6.45, 7) is 0. The number of aromatic nitrogens is 2. The van der Waals surface area contributed by atoms with Gasteiger partial charge in [-0.1, -0.05) is 29.8 Å². The number of halogens is 1. The predicted octanol–water partition coefficient (Wildman–Crippen LogP) is 1.47. The van der Waals surface area contributed by atoms with Crippen LogP contribution >= 0.6 is 11.8 Å². The van der Waals surface area contributed by atoms with E-state index in [-0.39, 0.29) is 22.2 Å². The second kappa shape index (κ2) is 6.78. The largest absolute Gasteiger partial charge is 0.382 e. The number of nitrogen functional groups attached to an aromatic ring is 1. The van der Waals surface area contributed by atoms with Gasteiger partial charge in [-0.25, -0.2) is 9.37 Å². The lowest BCUT2D eigenvalue weighted by atomic mass is 10.2. The number of nitrogens with zero attached hydrogens (tertiary/aromatic N) is 1. The molecular formula is C14H11FN4O2S. The summed E-state index contributed by atoms with van der Waals surface area (Å²) in [6.07, 6.45) is 5.11. The van der Waals surface area contributed by atoms with Crippen LogP contribution in [0.25, 0.3) is 0 Å². The molecular weight excluding hydrogens is 307 g/mol. The monoisotopic (exact) mass is 318 g/mol. The van der Waals surface area contributed by atoms with Crippen molar-refractivity contribution in [3.8, 4) is 12.3 Å². The molecule has 112 valence electrons. The molecule has 2 aromatic rings. The normalized spacial score (nSPS) is 10.0. The smallest absolute Gasteiger partial charge is 0.277 e. The minimum atomic E-state index is -0.791. The maximum Gasteiger partial charge on any atom is 0.277 e. The second-order valence-corrected chi connectivity index (χ2v) is 5.02. The fourth-order valence-electron chi connectivity index (χ4n) is 1.59. The van der Waals surface area contributed by atoms with Gasteiger partial charge in [-0.15, -0.1) is 6.42 Å². The number of aromatic amines is 1. The van der Waals surface area contributed by atoms with Gasteiger partial charge < -0.3 is 11.1 Å². The predicted molar refractivity (Wildman–Crippen MR) is 83.2 cm³/mol. The Morgan fingerprint density at radius 3 is 2.86 bits per heavy atom. The van der Waals surface area contributed by atoms with E-state index in [4.69, 9.17) is 12.2 Å². The third-order valence-electron chi connectivity index (χ3n) is 2.57. The summed E-state index contributed by atoms with van der Waals surface area (Å²) < 4.78 is 13.5. The Balaban J connectivity index is 2.27. The molecule has 0 radical (unpaired) electrons. The molecule has 0 aliphatic carbocycles. The van der Waals surface area contributed by atoms with Crippen LogP contribution in [0.2, 0.25) is 0 Å². The van der Waals surface area contributed by atoms with Gasteiger partial charge in [0.15, 0.2) is 11.0 Å². The molecule has 0 spiro atoms. The number of thioether (sulfide) groups is 1. The van der Waals surface area contributed by atoms with Crippen LogP contribution in [0.5, 0.6) is 0 Å². The van der Waals surface area contributed by atoms with Crippen LogP contribution in [-0.2, 0) is 0 Å². The Bertz CT molecular complexity index is 813. The number of anilines is 2. The molecule has 0 fully saturated rings. The molecule has 22 heavy (non-hydrogen) atoms. The van der Waals surface area contributed by atoms with E-state index in [0.717, 1.165) is 17.8 Å². The Morgan fingerprint density at radius 1 is 1.50 bits per heavy atom. The Hall–Kier alpha value is -2.79. The van der Waals surface area contributed by atoms with Crippen molar-refractivity contribution >= 4 is 29.2 Å². The molecule has 2 rings (SSSR count). The molecule has 4 N–H and O–H groups in total. The topological polar surface area (TPSA) is 101 Å². The molecule has 1 amide bonds. The van der Waals surface area contributed by atoms with E-state index in [1.165, 1.54) is 18.2 Å². The number of carbonyl (C=O) groups is 1. The van der Waals surface area contributed by atoms with Crippen molar-refractivity contribution in [1.82, 2.24) is 9.97 Å². The van der Waals surface area contributed by atoms with Gasteiger partial charge in [0.2, 0.25) is 0 Å². The first-order chi connectivity index (χ1) is 10.5. The van der Waals surface area contributed by atoms with E-state index >= 15 is 0 Å². The van der Waals surface area contributed by atoms with Gasteiger partial charge in [0.05, 0.1) is 11.3 Å². The highest BCUT2D eigenvalue weighted by atomic mass is 32.2. The van der Waals surface area contributed by atoms with Crippen molar-refractivity contribution in [3.63, 3.8) is 0 Å². The fraction of sp³-hybridized carbons (Fsp3) is 0.0714. The summed E-state index contributed by atoms with van der Waals surface area (Å²) in [5.41, 5.74) is 4.57. The minimum absolute atomic E-state index is 0.173. The van der Waals surface area contributed by atoms with Gasteiger partial charge in [-0.05, 0) is 12.1 Å². The molecule has 0 unspecified atom stereocenters. The number of H-pyrrole nitrogens is 1. The quantitative estimate of drug-likeness (QED) is 0.450. The zero-order valence-corrected chi connectivity index (χ0v) is 12.0. The molecule has 0 aliphatic heterocycles. The van der Waals surface area contributed by atoms with Crippen LogP contribution in [0.3, 0.4) is 0 Å². The molecule has 0 saturated carbocycles. The van der Waals surface area contributed by atoms with Gasteiger partial charge in [0.1, 0.15) is 11.5 Å². The highest BCUT2D eigenvalue weighted by Gasteiger charge is 2.16. The first-order valence-electron chi connectivity index (χ1n) is 6.05. The van der Waals surface area contributed by atoms with Crippen molar-refractivity contribution in [2.45, 2.75) is 5.16 Å². The number of benzene rings is 1. The molecule has 6 nitrogen and oxygen atoms in total. The van der Waals surface area contributed by atoms with Crippen LogP contribution in [0.15, 0.2) is 34.2 Å². The second-order valence-electron chi connectivity index (χ2n) is 4.06. The van der Waals surface area contributed by atoms with Crippen molar-refractivity contribution < 1.29 is 9.18 Å². The molecule has 0 aliphatic rings. The molecule has 0 bridgehead atoms. The van der Waals surface area contributed by atoms with Crippen molar-refractivity contribution in [3.05, 3.63) is 46.0 Å². The number of nitrogens with two attached hydrogens (primary N) is 1. The fourth-order valence-corrected chi connectivity index (χ4v) is 2.14. The average molecular weight is 318 g/mol. The van der Waals surface area contributed by atoms with Gasteiger partial charge in [0.25, 0.3) is 11.5 Å². The van der Waals surface area contributed by atoms with Gasteiger partial charge in [-0.2, -0.15) is 0 Å². The van der Waals surface area contributed by atoms with Crippen LogP contribution in [0, 0.1) is 18.2 Å². The third kappa shape index (κ3) is 3.45. The van der Waals surface area contributed by atoms with Crippen molar-refractivity contribution in [2.24, 2.45) is 0 Å². The maximum atomic E-state index is 13.5. The molecule has 1 heterocycles. The van der Waals surface area contributed by atoms with Crippen LogP contribution < -0.4 is 16.6 Å². The van der Waals surface area contributed by atoms with Gasteiger partial charge in [-0.3, -0.25) is 14.6 Å². The number of hydrogen-bond acceptors (Lipinski definition) is 5. The minimum Gasteiger partial charge on any atom is -0.382 e. The zero-order valence-electron chi connectivity index (χ0n) is 11.2. The van der Waals surface area contributed by atoms with E-state index in [1.54, 1.807) is 0 Å². The number of rotatable bonds is 4. The number of amides is 1. The van der Waals surface area contributed by atoms with E-state index in [0.29, 0.717) is 5.75 Å². The number of carbonyl (C=O) groups excluding carboxylic acids is 1. The van der Waals surface area contributed by atoms with Gasteiger partial charge in [0, 0.05) is 0 Å². The number of terminal acetylenes is 1. The lowest BCUT2D eigenvalue weighted by Crippen LogP contribution is -2.23. The summed E-state index contributed by atoms with van der Waals surface area (Å²) in [5, 5.41) is 2.50. The highest BCUT2D eigenvalue weighted by Crippen LogP contribution is 2.17. The van der Waals surface area contributed by atoms with Crippen molar-refractivity contribution in [1.29, 1.82) is 0 Å². The summed E-state index contributed by atoms with van der Waals surface area (Å²) in [5.74, 6) is 1.02. The van der Waals surface area contributed by atoms with Crippen LogP contribution in [0.4, 0.5) is 15.9 Å². The standard InChI is InChI=1S/C14H11FN4O2S/c1-2-7-22-14-18-11(16)10(13(21)19-14)17-12(20)8-5-3-4-6-9(8)15/h1,3-6H,7H2,(H,17,20)(H3,16,18,19,21). The molecule has 0 atom stereocenters. The summed E-state index contributed by atoms with van der Waals surface area (Å²) >= 11 is 1.12. The van der Waals surface area contributed by atoms with Crippen LogP contribution in [-0.4, -0.2) is 21.6 Å².